The quantitative estimate of drug-likeness (QED) is 0.544. The molecule has 6 unspecified atom stereocenters. The molecule has 4 fully saturated rings. The van der Waals surface area contributed by atoms with Crippen LogP contribution in [0, 0.1) is 28.6 Å². The predicted octanol–water partition coefficient (Wildman–Crippen LogP) is 2.48. The predicted molar refractivity (Wildman–Crippen MR) is 108 cm³/mol. The normalized spacial score (nSPS) is 51.7. The number of rotatable bonds is 3. The highest BCUT2D eigenvalue weighted by atomic mass is 19.1. The molecule has 5 aliphatic rings. The van der Waals surface area contributed by atoms with Crippen molar-refractivity contribution in [3.8, 4) is 0 Å². The number of alkyl halides is 1. The van der Waals surface area contributed by atoms with Crippen LogP contribution in [-0.2, 0) is 23.9 Å². The Kier molecular flexibility index (Phi) is 4.16. The van der Waals surface area contributed by atoms with E-state index in [0.717, 1.165) is 0 Å². The zero-order chi connectivity index (χ0) is 22.6. The van der Waals surface area contributed by atoms with Gasteiger partial charge < -0.3 is 14.6 Å². The van der Waals surface area contributed by atoms with Crippen LogP contribution in [0.4, 0.5) is 4.39 Å². The van der Waals surface area contributed by atoms with Gasteiger partial charge >= 0.3 is 5.97 Å². The Bertz CT molecular complexity index is 956. The van der Waals surface area contributed by atoms with Crippen LogP contribution in [0.5, 0.6) is 0 Å². The van der Waals surface area contributed by atoms with E-state index in [9.17, 15) is 19.5 Å². The molecule has 0 aromatic rings. The SMILES string of the molecule is CC(=O)OCC(=O)[C@@]1(O)[C@H](C)CC2C3C[C@H](F)C4=CC(=O)C=CC4(C)C34OC4CC21C. The summed E-state index contributed by atoms with van der Waals surface area (Å²) in [5, 5.41) is 11.8. The molecule has 1 N–H and O–H groups in total. The van der Waals surface area contributed by atoms with Crippen molar-refractivity contribution in [3.63, 3.8) is 0 Å². The topological polar surface area (TPSA) is 93.2 Å². The Morgan fingerprint density at radius 1 is 1.29 bits per heavy atom. The average Bonchev–Trinajstić information content (AvgIpc) is 3.38. The molecule has 0 aromatic heterocycles. The molecule has 31 heavy (non-hydrogen) atoms. The van der Waals surface area contributed by atoms with Gasteiger partial charge in [-0.1, -0.05) is 19.9 Å². The van der Waals surface area contributed by atoms with E-state index < -0.39 is 46.6 Å². The summed E-state index contributed by atoms with van der Waals surface area (Å²) < 4.78 is 26.7. The maximum absolute atomic E-state index is 15.4. The molecule has 1 saturated heterocycles. The van der Waals surface area contributed by atoms with E-state index in [4.69, 9.17) is 9.47 Å². The first-order valence-electron chi connectivity index (χ1n) is 11.1. The Morgan fingerprint density at radius 2 is 2.00 bits per heavy atom. The second-order valence-corrected chi connectivity index (χ2v) is 10.6. The van der Waals surface area contributed by atoms with Gasteiger partial charge in [0.25, 0.3) is 0 Å². The van der Waals surface area contributed by atoms with Gasteiger partial charge in [-0.05, 0) is 61.7 Å². The number of carbonyl (C=O) groups excluding carboxylic acids is 3. The molecule has 3 saturated carbocycles. The summed E-state index contributed by atoms with van der Waals surface area (Å²) in [6.07, 6.45) is 4.42. The maximum Gasteiger partial charge on any atom is 0.303 e. The van der Waals surface area contributed by atoms with E-state index in [1.54, 1.807) is 6.08 Å². The monoisotopic (exact) mass is 432 g/mol. The number of hydrogen-bond acceptors (Lipinski definition) is 6. The van der Waals surface area contributed by atoms with Crippen molar-refractivity contribution in [1.29, 1.82) is 0 Å². The van der Waals surface area contributed by atoms with E-state index in [-0.39, 0.29) is 36.1 Å². The smallest absolute Gasteiger partial charge is 0.303 e. The summed E-state index contributed by atoms with van der Waals surface area (Å²) >= 11 is 0. The van der Waals surface area contributed by atoms with Gasteiger partial charge in [-0.15, -0.1) is 0 Å². The minimum Gasteiger partial charge on any atom is -0.458 e. The van der Waals surface area contributed by atoms with Gasteiger partial charge in [0.15, 0.2) is 12.4 Å². The fourth-order valence-corrected chi connectivity index (χ4v) is 7.85. The first-order chi connectivity index (χ1) is 14.4. The Morgan fingerprint density at radius 3 is 2.68 bits per heavy atom. The van der Waals surface area contributed by atoms with Crippen molar-refractivity contribution >= 4 is 17.5 Å². The number of epoxide rings is 1. The zero-order valence-electron chi connectivity index (χ0n) is 18.3. The van der Waals surface area contributed by atoms with Crippen LogP contribution in [0.3, 0.4) is 0 Å². The summed E-state index contributed by atoms with van der Waals surface area (Å²) in [6.45, 7) is 6.45. The molecule has 7 heteroatoms. The van der Waals surface area contributed by atoms with Gasteiger partial charge in [-0.3, -0.25) is 14.4 Å². The molecule has 5 rings (SSSR count). The fraction of sp³-hybridized carbons (Fsp3) is 0.708. The largest absolute Gasteiger partial charge is 0.458 e. The molecule has 0 amide bonds. The lowest BCUT2D eigenvalue weighted by Crippen LogP contribution is -2.63. The van der Waals surface area contributed by atoms with E-state index in [0.29, 0.717) is 18.4 Å². The van der Waals surface area contributed by atoms with Gasteiger partial charge in [-0.2, -0.15) is 0 Å². The summed E-state index contributed by atoms with van der Waals surface area (Å²) in [7, 11) is 0. The lowest BCUT2D eigenvalue weighted by molar-refractivity contribution is -0.171. The Labute approximate surface area is 180 Å². The number of allylic oxidation sites excluding steroid dienone is 2. The average molecular weight is 432 g/mol. The molecule has 168 valence electrons. The summed E-state index contributed by atoms with van der Waals surface area (Å²) in [6, 6.07) is 0. The molecule has 0 bridgehead atoms. The van der Waals surface area contributed by atoms with Crippen molar-refractivity contribution < 1.29 is 33.4 Å². The Balaban J connectivity index is 1.55. The summed E-state index contributed by atoms with van der Waals surface area (Å²) in [4.78, 5) is 36.3. The highest BCUT2D eigenvalue weighted by molar-refractivity contribution is 6.01. The number of ketones is 2. The molecule has 4 aliphatic carbocycles. The van der Waals surface area contributed by atoms with Crippen LogP contribution in [0.15, 0.2) is 23.8 Å². The molecule has 1 spiro atoms. The standard InChI is InChI=1S/C24H29FO6/c1-12-7-15-16-9-18(25)17-8-14(27)5-6-21(17,3)24(16)20(31-24)10-22(15,4)23(12,29)19(28)11-30-13(2)26/h5-6,8,12,15-16,18,20,29H,7,9-11H2,1-4H3/t12-,15?,16?,18+,20?,21?,22?,23+,24?/m1/s1. The number of fused-ring (bicyclic) bond motifs is 3. The minimum absolute atomic E-state index is 0.129. The van der Waals surface area contributed by atoms with Gasteiger partial charge in [0.1, 0.15) is 17.4 Å². The third kappa shape index (κ3) is 2.31. The second-order valence-electron chi connectivity index (χ2n) is 10.6. The van der Waals surface area contributed by atoms with Crippen LogP contribution >= 0.6 is 0 Å². The zero-order valence-corrected chi connectivity index (χ0v) is 18.3. The molecular weight excluding hydrogens is 403 g/mol. The molecule has 6 nitrogen and oxygen atoms in total. The van der Waals surface area contributed by atoms with Crippen molar-refractivity contribution in [2.75, 3.05) is 6.61 Å². The second kappa shape index (κ2) is 6.13. The van der Waals surface area contributed by atoms with Crippen molar-refractivity contribution in [3.05, 3.63) is 23.8 Å². The third-order valence-electron chi connectivity index (χ3n) is 9.33. The molecule has 1 heterocycles. The molecule has 1 aliphatic heterocycles. The number of ether oxygens (including phenoxy) is 2. The molecular formula is C24H29FO6. The summed E-state index contributed by atoms with van der Waals surface area (Å²) in [5.74, 6) is -1.96. The number of carbonyl (C=O) groups is 3. The van der Waals surface area contributed by atoms with Crippen molar-refractivity contribution in [1.82, 2.24) is 0 Å². The van der Waals surface area contributed by atoms with E-state index in [1.165, 1.54) is 19.1 Å². The third-order valence-corrected chi connectivity index (χ3v) is 9.33. The van der Waals surface area contributed by atoms with Crippen LogP contribution in [0.1, 0.15) is 47.0 Å². The number of hydrogen-bond donors (Lipinski definition) is 1. The lowest BCUT2D eigenvalue weighted by Gasteiger charge is -2.56. The summed E-state index contributed by atoms with van der Waals surface area (Å²) in [5.41, 5.74) is -3.35. The number of Topliss-reactive ketones (excluding diaryl/α,β-unsaturated/α-hetero) is 1. The molecule has 0 radical (unpaired) electrons. The van der Waals surface area contributed by atoms with Gasteiger partial charge in [0.2, 0.25) is 5.78 Å². The number of aliphatic hydroxyl groups is 1. The fourth-order valence-electron chi connectivity index (χ4n) is 7.85. The Hall–Kier alpha value is -1.86. The number of esters is 1. The highest BCUT2D eigenvalue weighted by Crippen LogP contribution is 2.76. The molecule has 9 atom stereocenters. The van der Waals surface area contributed by atoms with E-state index in [2.05, 4.69) is 0 Å². The molecule has 0 aromatic carbocycles. The maximum atomic E-state index is 15.4. The van der Waals surface area contributed by atoms with Gasteiger partial charge in [-0.25, -0.2) is 4.39 Å². The van der Waals surface area contributed by atoms with Gasteiger partial charge in [0.05, 0.1) is 6.10 Å². The van der Waals surface area contributed by atoms with E-state index in [1.807, 2.05) is 20.8 Å². The minimum atomic E-state index is -1.67. The van der Waals surface area contributed by atoms with Crippen LogP contribution in [-0.4, -0.2) is 52.7 Å². The van der Waals surface area contributed by atoms with Gasteiger partial charge in [0, 0.05) is 17.8 Å². The van der Waals surface area contributed by atoms with Crippen LogP contribution in [0.2, 0.25) is 0 Å². The van der Waals surface area contributed by atoms with Crippen molar-refractivity contribution in [2.45, 2.75) is 70.4 Å². The van der Waals surface area contributed by atoms with Crippen LogP contribution < -0.4 is 0 Å². The van der Waals surface area contributed by atoms with Crippen molar-refractivity contribution in [2.24, 2.45) is 28.6 Å². The first kappa shape index (κ1) is 21.0. The lowest BCUT2D eigenvalue weighted by atomic mass is 9.46. The number of halogens is 1. The van der Waals surface area contributed by atoms with Crippen LogP contribution in [0.25, 0.3) is 0 Å². The van der Waals surface area contributed by atoms with E-state index >= 15 is 4.39 Å². The first-order valence-corrected chi connectivity index (χ1v) is 11.1. The highest BCUT2D eigenvalue weighted by Gasteiger charge is 2.82.